The number of aryl methyl sites for hydroxylation is 1. The van der Waals surface area contributed by atoms with Crippen molar-refractivity contribution in [2.45, 2.75) is 6.92 Å². The first kappa shape index (κ1) is 18.6. The zero-order valence-electron chi connectivity index (χ0n) is 16.3. The Morgan fingerprint density at radius 3 is 2.68 bits per heavy atom. The minimum Gasteiger partial charge on any atom is -0.436 e. The summed E-state index contributed by atoms with van der Waals surface area (Å²) in [7, 11) is 0. The van der Waals surface area contributed by atoms with E-state index in [1.54, 1.807) is 19.3 Å². The lowest BCUT2D eigenvalue weighted by Gasteiger charge is -2.05. The first-order chi connectivity index (χ1) is 15.1. The number of nitrogens with zero attached hydrogens (tertiary/aromatic N) is 5. The molecule has 0 unspecified atom stereocenters. The van der Waals surface area contributed by atoms with Crippen molar-refractivity contribution in [1.29, 1.82) is 0 Å². The van der Waals surface area contributed by atoms with Gasteiger partial charge in [0.25, 0.3) is 11.7 Å². The van der Waals surface area contributed by atoms with Crippen LogP contribution in [0, 0.1) is 12.7 Å². The zero-order valence-corrected chi connectivity index (χ0v) is 16.3. The summed E-state index contributed by atoms with van der Waals surface area (Å²) in [6, 6.07) is 13.9. The molecule has 31 heavy (non-hydrogen) atoms. The van der Waals surface area contributed by atoms with Gasteiger partial charge in [-0.2, -0.15) is 4.98 Å². The summed E-state index contributed by atoms with van der Waals surface area (Å²) in [5.41, 5.74) is 2.34. The van der Waals surface area contributed by atoms with Crippen molar-refractivity contribution in [2.75, 3.05) is 5.32 Å². The smallest absolute Gasteiger partial charge is 0.293 e. The highest BCUT2D eigenvalue weighted by molar-refractivity contribution is 6.02. The van der Waals surface area contributed by atoms with Crippen LogP contribution in [-0.4, -0.2) is 30.5 Å². The highest BCUT2D eigenvalue weighted by Crippen LogP contribution is 2.25. The average Bonchev–Trinajstić information content (AvgIpc) is 3.41. The van der Waals surface area contributed by atoms with Gasteiger partial charge < -0.3 is 9.73 Å². The summed E-state index contributed by atoms with van der Waals surface area (Å²) in [5.74, 6) is -0.0847. The highest BCUT2D eigenvalue weighted by atomic mass is 19.1. The lowest BCUT2D eigenvalue weighted by atomic mass is 10.1. The van der Waals surface area contributed by atoms with Crippen molar-refractivity contribution in [2.24, 2.45) is 0 Å². The van der Waals surface area contributed by atoms with Crippen molar-refractivity contribution in [3.63, 3.8) is 0 Å². The predicted octanol–water partition coefficient (Wildman–Crippen LogP) is 4.15. The van der Waals surface area contributed by atoms with E-state index in [1.807, 2.05) is 30.3 Å². The molecule has 0 aliphatic heterocycles. The molecule has 0 aliphatic carbocycles. The Morgan fingerprint density at radius 2 is 1.90 bits per heavy atom. The SMILES string of the molecule is Cc1ncc(C(=O)Nc2ccc(F)c(-c3nc4ncc(-c5ccccc5)cn4n3)c2)o1. The Labute approximate surface area is 175 Å². The molecule has 3 heterocycles. The van der Waals surface area contributed by atoms with Crippen LogP contribution in [0.1, 0.15) is 16.4 Å². The van der Waals surface area contributed by atoms with E-state index in [2.05, 4.69) is 25.4 Å². The van der Waals surface area contributed by atoms with Gasteiger partial charge in [0.2, 0.25) is 5.76 Å². The second kappa shape index (κ2) is 7.45. The molecule has 9 heteroatoms. The third-order valence-corrected chi connectivity index (χ3v) is 4.61. The molecule has 1 amide bonds. The molecule has 8 nitrogen and oxygen atoms in total. The molecule has 0 radical (unpaired) electrons. The number of carbonyl (C=O) groups is 1. The number of fused-ring (bicyclic) bond motifs is 1. The molecule has 2 aromatic carbocycles. The minimum atomic E-state index is -0.521. The lowest BCUT2D eigenvalue weighted by Crippen LogP contribution is -2.11. The van der Waals surface area contributed by atoms with E-state index >= 15 is 0 Å². The van der Waals surface area contributed by atoms with Gasteiger partial charge >= 0.3 is 0 Å². The van der Waals surface area contributed by atoms with Crippen LogP contribution in [-0.2, 0) is 0 Å². The Kier molecular flexibility index (Phi) is 4.47. The van der Waals surface area contributed by atoms with Crippen molar-refractivity contribution in [3.05, 3.63) is 84.6 Å². The molecular weight excluding hydrogens is 399 g/mol. The first-order valence-corrected chi connectivity index (χ1v) is 9.38. The number of carbonyl (C=O) groups excluding carboxylic acids is 1. The average molecular weight is 414 g/mol. The van der Waals surface area contributed by atoms with E-state index in [4.69, 9.17) is 4.42 Å². The third kappa shape index (κ3) is 3.64. The minimum absolute atomic E-state index is 0.0619. The maximum absolute atomic E-state index is 14.5. The summed E-state index contributed by atoms with van der Waals surface area (Å²) in [6.45, 7) is 1.64. The molecule has 5 rings (SSSR count). The number of benzene rings is 2. The Balaban J connectivity index is 1.48. The maximum Gasteiger partial charge on any atom is 0.293 e. The molecule has 0 fully saturated rings. The fourth-order valence-electron chi connectivity index (χ4n) is 3.11. The van der Waals surface area contributed by atoms with Gasteiger partial charge in [-0.05, 0) is 23.8 Å². The second-order valence-electron chi connectivity index (χ2n) is 6.78. The van der Waals surface area contributed by atoms with Crippen LogP contribution in [0.4, 0.5) is 10.1 Å². The number of hydrogen-bond acceptors (Lipinski definition) is 6. The number of aromatic nitrogens is 5. The molecule has 0 saturated heterocycles. The summed E-state index contributed by atoms with van der Waals surface area (Å²) >= 11 is 0. The van der Waals surface area contributed by atoms with Crippen LogP contribution in [0.25, 0.3) is 28.3 Å². The Hall–Kier alpha value is -4.40. The fourth-order valence-corrected chi connectivity index (χ4v) is 3.11. The third-order valence-electron chi connectivity index (χ3n) is 4.61. The van der Waals surface area contributed by atoms with Crippen molar-refractivity contribution in [3.8, 4) is 22.5 Å². The molecule has 0 spiro atoms. The molecule has 152 valence electrons. The van der Waals surface area contributed by atoms with E-state index in [0.717, 1.165) is 11.1 Å². The first-order valence-electron chi connectivity index (χ1n) is 9.38. The van der Waals surface area contributed by atoms with E-state index in [-0.39, 0.29) is 17.1 Å². The van der Waals surface area contributed by atoms with Crippen LogP contribution in [0.3, 0.4) is 0 Å². The molecular formula is C22H15FN6O2. The molecule has 0 aliphatic rings. The quantitative estimate of drug-likeness (QED) is 0.474. The standard InChI is InChI=1S/C22H15FN6O2/c1-13-24-11-19(31-13)21(30)26-16-7-8-18(23)17(9-16)20-27-22-25-10-15(12-29(22)28-20)14-5-3-2-4-6-14/h2-12H,1H3,(H,26,30). The topological polar surface area (TPSA) is 98.2 Å². The van der Waals surface area contributed by atoms with Crippen LogP contribution < -0.4 is 5.32 Å². The molecule has 3 aromatic heterocycles. The number of oxazole rings is 1. The second-order valence-corrected chi connectivity index (χ2v) is 6.78. The van der Waals surface area contributed by atoms with Crippen molar-refractivity contribution >= 4 is 17.4 Å². The Morgan fingerprint density at radius 1 is 1.06 bits per heavy atom. The molecule has 0 bridgehead atoms. The van der Waals surface area contributed by atoms with Gasteiger partial charge in [-0.1, -0.05) is 30.3 Å². The Bertz CT molecular complexity index is 1410. The number of rotatable bonds is 4. The molecule has 1 N–H and O–H groups in total. The number of halogens is 1. The molecule has 0 saturated carbocycles. The largest absolute Gasteiger partial charge is 0.436 e. The van der Waals surface area contributed by atoms with Crippen LogP contribution >= 0.6 is 0 Å². The number of hydrogen-bond donors (Lipinski definition) is 1. The molecule has 5 aromatic rings. The number of amides is 1. The normalized spacial score (nSPS) is 11.0. The van der Waals surface area contributed by atoms with Gasteiger partial charge in [0.05, 0.1) is 11.8 Å². The highest BCUT2D eigenvalue weighted by Gasteiger charge is 2.16. The summed E-state index contributed by atoms with van der Waals surface area (Å²) < 4.78 is 21.3. The van der Waals surface area contributed by atoms with E-state index in [0.29, 0.717) is 17.4 Å². The van der Waals surface area contributed by atoms with Crippen LogP contribution in [0.15, 0.2) is 71.5 Å². The number of anilines is 1. The van der Waals surface area contributed by atoms with Crippen LogP contribution in [0.5, 0.6) is 0 Å². The van der Waals surface area contributed by atoms with Crippen molar-refractivity contribution < 1.29 is 13.6 Å². The molecule has 0 atom stereocenters. The summed E-state index contributed by atoms with van der Waals surface area (Å²) in [6.07, 6.45) is 4.80. The van der Waals surface area contributed by atoms with E-state index < -0.39 is 11.7 Å². The van der Waals surface area contributed by atoms with Gasteiger partial charge in [-0.3, -0.25) is 4.79 Å². The summed E-state index contributed by atoms with van der Waals surface area (Å²) in [5, 5.41) is 7.03. The van der Waals surface area contributed by atoms with Gasteiger partial charge in [0.15, 0.2) is 11.7 Å². The zero-order chi connectivity index (χ0) is 21.4. The van der Waals surface area contributed by atoms with Gasteiger partial charge in [0.1, 0.15) is 5.82 Å². The van der Waals surface area contributed by atoms with E-state index in [1.165, 1.54) is 28.9 Å². The van der Waals surface area contributed by atoms with Gasteiger partial charge in [-0.25, -0.2) is 18.9 Å². The maximum atomic E-state index is 14.5. The van der Waals surface area contributed by atoms with Gasteiger partial charge in [-0.15, -0.1) is 5.10 Å². The lowest BCUT2D eigenvalue weighted by molar-refractivity contribution is 0.0995. The van der Waals surface area contributed by atoms with E-state index in [9.17, 15) is 9.18 Å². The number of nitrogens with one attached hydrogen (secondary N) is 1. The fraction of sp³-hybridized carbons (Fsp3) is 0.0455. The van der Waals surface area contributed by atoms with Crippen LogP contribution in [0.2, 0.25) is 0 Å². The monoisotopic (exact) mass is 414 g/mol. The van der Waals surface area contributed by atoms with Gasteiger partial charge in [0, 0.05) is 30.6 Å². The summed E-state index contributed by atoms with van der Waals surface area (Å²) in [4.78, 5) is 24.8. The predicted molar refractivity (Wildman–Crippen MR) is 111 cm³/mol. The van der Waals surface area contributed by atoms with Crippen molar-refractivity contribution in [1.82, 2.24) is 24.6 Å².